The van der Waals surface area contributed by atoms with Crippen LogP contribution >= 0.6 is 23.4 Å². The molecule has 0 aromatic rings. The summed E-state index contributed by atoms with van der Waals surface area (Å²) in [6.45, 7) is 0. The number of aliphatic carboxylic acids is 1. The van der Waals surface area contributed by atoms with Gasteiger partial charge in [0.25, 0.3) is 0 Å². The number of thioether (sulfide) groups is 1. The lowest BCUT2D eigenvalue weighted by molar-refractivity contribution is -0.136. The Morgan fingerprint density at radius 2 is 2.67 bits per heavy atom. The van der Waals surface area contributed by atoms with E-state index in [0.717, 1.165) is 0 Å². The molecule has 0 saturated carbocycles. The standard InChI is InChI=1S/C5H5ClO2S/c6-4-2-1-3(9-4)5(7)8/h2-3H,1H2,(H,7,8). The summed E-state index contributed by atoms with van der Waals surface area (Å²) in [7, 11) is 0. The lowest BCUT2D eigenvalue weighted by Crippen LogP contribution is -2.11. The molecule has 0 aromatic carbocycles. The van der Waals surface area contributed by atoms with Crippen LogP contribution in [0.15, 0.2) is 10.4 Å². The van der Waals surface area contributed by atoms with Gasteiger partial charge in [0, 0.05) is 0 Å². The van der Waals surface area contributed by atoms with Gasteiger partial charge in [-0.2, -0.15) is 0 Å². The van der Waals surface area contributed by atoms with Crippen LogP contribution in [0.25, 0.3) is 0 Å². The highest BCUT2D eigenvalue weighted by Crippen LogP contribution is 2.34. The number of carboxylic acids is 1. The highest BCUT2D eigenvalue weighted by Gasteiger charge is 2.22. The number of hydrogen-bond donors (Lipinski definition) is 1. The first-order valence-electron chi connectivity index (χ1n) is 2.45. The fourth-order valence-corrected chi connectivity index (χ4v) is 1.75. The van der Waals surface area contributed by atoms with Crippen molar-refractivity contribution in [1.82, 2.24) is 0 Å². The number of carbonyl (C=O) groups is 1. The van der Waals surface area contributed by atoms with Crippen LogP contribution in [0.2, 0.25) is 0 Å². The topological polar surface area (TPSA) is 37.3 Å². The summed E-state index contributed by atoms with van der Waals surface area (Å²) in [5.41, 5.74) is 0. The maximum Gasteiger partial charge on any atom is 0.317 e. The molecule has 1 atom stereocenters. The Morgan fingerprint density at radius 3 is 2.89 bits per heavy atom. The van der Waals surface area contributed by atoms with Crippen LogP contribution in [-0.4, -0.2) is 16.3 Å². The van der Waals surface area contributed by atoms with E-state index in [1.54, 1.807) is 6.08 Å². The predicted octanol–water partition coefficient (Wildman–Crippen LogP) is 1.66. The summed E-state index contributed by atoms with van der Waals surface area (Å²) in [5.74, 6) is -0.785. The maximum absolute atomic E-state index is 10.2. The Labute approximate surface area is 61.9 Å². The Hall–Kier alpha value is -0.150. The van der Waals surface area contributed by atoms with Crippen molar-refractivity contribution in [2.75, 3.05) is 0 Å². The van der Waals surface area contributed by atoms with Crippen molar-refractivity contribution >= 4 is 29.3 Å². The summed E-state index contributed by atoms with van der Waals surface area (Å²) in [6.07, 6.45) is 2.28. The van der Waals surface area contributed by atoms with Crippen LogP contribution in [0, 0.1) is 0 Å². The van der Waals surface area contributed by atoms with Gasteiger partial charge in [0.15, 0.2) is 0 Å². The first-order valence-corrected chi connectivity index (χ1v) is 3.71. The van der Waals surface area contributed by atoms with E-state index in [-0.39, 0.29) is 5.25 Å². The first-order chi connectivity index (χ1) is 4.20. The van der Waals surface area contributed by atoms with Crippen molar-refractivity contribution in [3.63, 3.8) is 0 Å². The number of carboxylic acid groups (broad SMARTS) is 1. The Balaban J connectivity index is 2.47. The van der Waals surface area contributed by atoms with E-state index in [1.165, 1.54) is 11.8 Å². The molecule has 9 heavy (non-hydrogen) atoms. The summed E-state index contributed by atoms with van der Waals surface area (Å²) in [6, 6.07) is 0. The second kappa shape index (κ2) is 2.62. The first kappa shape index (κ1) is 6.96. The van der Waals surface area contributed by atoms with Crippen molar-refractivity contribution < 1.29 is 9.90 Å². The van der Waals surface area contributed by atoms with Crippen LogP contribution in [0.3, 0.4) is 0 Å². The van der Waals surface area contributed by atoms with Gasteiger partial charge in [0.05, 0.1) is 4.36 Å². The van der Waals surface area contributed by atoms with Crippen LogP contribution in [-0.2, 0) is 4.79 Å². The predicted molar refractivity (Wildman–Crippen MR) is 37.6 cm³/mol. The molecule has 0 saturated heterocycles. The maximum atomic E-state index is 10.2. The third-order valence-electron chi connectivity index (χ3n) is 1.02. The molecule has 1 N–H and O–H groups in total. The second-order valence-electron chi connectivity index (χ2n) is 1.69. The molecule has 50 valence electrons. The van der Waals surface area contributed by atoms with E-state index in [1.807, 2.05) is 0 Å². The molecular formula is C5H5ClO2S. The van der Waals surface area contributed by atoms with Crippen LogP contribution in [0.4, 0.5) is 0 Å². The van der Waals surface area contributed by atoms with E-state index >= 15 is 0 Å². The SMILES string of the molecule is O=C(O)C1CC=C(Cl)S1. The molecule has 0 fully saturated rings. The third kappa shape index (κ3) is 1.63. The molecule has 1 aliphatic rings. The molecule has 0 radical (unpaired) electrons. The molecule has 2 nitrogen and oxygen atoms in total. The highest BCUT2D eigenvalue weighted by molar-refractivity contribution is 8.06. The van der Waals surface area contributed by atoms with Gasteiger partial charge in [-0.15, -0.1) is 0 Å². The molecule has 0 spiro atoms. The van der Waals surface area contributed by atoms with Gasteiger partial charge in [-0.3, -0.25) is 4.79 Å². The molecule has 1 rings (SSSR count). The summed E-state index contributed by atoms with van der Waals surface area (Å²) >= 11 is 6.71. The van der Waals surface area contributed by atoms with Gasteiger partial charge in [-0.1, -0.05) is 29.4 Å². The average molecular weight is 165 g/mol. The molecule has 4 heteroatoms. The lowest BCUT2D eigenvalue weighted by Gasteiger charge is -1.98. The monoisotopic (exact) mass is 164 g/mol. The van der Waals surface area contributed by atoms with Crippen LogP contribution in [0.1, 0.15) is 6.42 Å². The zero-order chi connectivity index (χ0) is 6.85. The molecule has 1 unspecified atom stereocenters. The fourth-order valence-electron chi connectivity index (χ4n) is 0.583. The third-order valence-corrected chi connectivity index (χ3v) is 2.51. The Kier molecular flexibility index (Phi) is 2.03. The molecule has 1 heterocycles. The fraction of sp³-hybridized carbons (Fsp3) is 0.400. The lowest BCUT2D eigenvalue weighted by atomic mass is 10.3. The number of hydrogen-bond acceptors (Lipinski definition) is 2. The van der Waals surface area contributed by atoms with Crippen molar-refractivity contribution in [1.29, 1.82) is 0 Å². The summed E-state index contributed by atoms with van der Waals surface area (Å²) in [4.78, 5) is 10.2. The minimum atomic E-state index is -0.785. The molecule has 0 bridgehead atoms. The largest absolute Gasteiger partial charge is 0.480 e. The normalized spacial score (nSPS) is 25.9. The summed E-state index contributed by atoms with van der Waals surface area (Å²) in [5, 5.41) is 8.07. The van der Waals surface area contributed by atoms with E-state index in [4.69, 9.17) is 16.7 Å². The van der Waals surface area contributed by atoms with Crippen molar-refractivity contribution in [2.24, 2.45) is 0 Å². The van der Waals surface area contributed by atoms with E-state index in [2.05, 4.69) is 0 Å². The molecule has 0 aromatic heterocycles. The Morgan fingerprint density at radius 1 is 2.00 bits per heavy atom. The van der Waals surface area contributed by atoms with Crippen molar-refractivity contribution in [3.05, 3.63) is 10.4 Å². The van der Waals surface area contributed by atoms with Gasteiger partial charge in [0.2, 0.25) is 0 Å². The van der Waals surface area contributed by atoms with Gasteiger partial charge in [0.1, 0.15) is 5.25 Å². The van der Waals surface area contributed by atoms with Crippen LogP contribution in [0.5, 0.6) is 0 Å². The second-order valence-corrected chi connectivity index (χ2v) is 3.56. The van der Waals surface area contributed by atoms with Crippen LogP contribution < -0.4 is 0 Å². The van der Waals surface area contributed by atoms with Gasteiger partial charge >= 0.3 is 5.97 Å². The zero-order valence-corrected chi connectivity index (χ0v) is 6.08. The van der Waals surface area contributed by atoms with Gasteiger partial charge in [-0.05, 0) is 6.42 Å². The average Bonchev–Trinajstić information content (AvgIpc) is 2.14. The van der Waals surface area contributed by atoms with E-state index in [9.17, 15) is 4.79 Å². The molecule has 0 amide bonds. The number of rotatable bonds is 1. The zero-order valence-electron chi connectivity index (χ0n) is 4.50. The number of allylic oxidation sites excluding steroid dienone is 1. The van der Waals surface area contributed by atoms with E-state index < -0.39 is 5.97 Å². The molecular weight excluding hydrogens is 160 g/mol. The molecule has 0 aliphatic carbocycles. The highest BCUT2D eigenvalue weighted by atomic mass is 35.5. The quantitative estimate of drug-likeness (QED) is 0.641. The van der Waals surface area contributed by atoms with Crippen molar-refractivity contribution in [3.8, 4) is 0 Å². The smallest absolute Gasteiger partial charge is 0.317 e. The molecule has 1 aliphatic heterocycles. The number of halogens is 1. The Bertz CT molecular complexity index is 166. The summed E-state index contributed by atoms with van der Waals surface area (Å²) < 4.78 is 0.599. The van der Waals surface area contributed by atoms with Gasteiger partial charge < -0.3 is 5.11 Å². The minimum absolute atomic E-state index is 0.350. The van der Waals surface area contributed by atoms with E-state index in [0.29, 0.717) is 10.8 Å². The van der Waals surface area contributed by atoms with Crippen molar-refractivity contribution in [2.45, 2.75) is 11.7 Å². The minimum Gasteiger partial charge on any atom is -0.480 e. The van der Waals surface area contributed by atoms with Gasteiger partial charge in [-0.25, -0.2) is 0 Å².